The van der Waals surface area contributed by atoms with E-state index >= 15 is 0 Å². The first-order valence-electron chi connectivity index (χ1n) is 6.99. The van der Waals surface area contributed by atoms with Gasteiger partial charge in [0.15, 0.2) is 0 Å². The summed E-state index contributed by atoms with van der Waals surface area (Å²) in [5, 5.41) is 0. The van der Waals surface area contributed by atoms with Crippen molar-refractivity contribution in [2.75, 3.05) is 31.1 Å². The highest BCUT2D eigenvalue weighted by atomic mass is 19.1. The van der Waals surface area contributed by atoms with Gasteiger partial charge in [0, 0.05) is 31.4 Å². The number of aryl methyl sites for hydroxylation is 1. The lowest BCUT2D eigenvalue weighted by Gasteiger charge is -2.28. The van der Waals surface area contributed by atoms with Crippen LogP contribution in [0.1, 0.15) is 24.8 Å². The van der Waals surface area contributed by atoms with Crippen molar-refractivity contribution >= 4 is 5.69 Å². The molecule has 1 unspecified atom stereocenters. The van der Waals surface area contributed by atoms with E-state index < -0.39 is 0 Å². The molecule has 0 amide bonds. The lowest BCUT2D eigenvalue weighted by atomic mass is 10.1. The Labute approximate surface area is 108 Å². The van der Waals surface area contributed by atoms with Crippen molar-refractivity contribution in [1.82, 2.24) is 4.90 Å². The van der Waals surface area contributed by atoms with Crippen molar-refractivity contribution in [3.8, 4) is 0 Å². The summed E-state index contributed by atoms with van der Waals surface area (Å²) in [6, 6.07) is 5.82. The number of anilines is 1. The average molecular weight is 248 g/mol. The summed E-state index contributed by atoms with van der Waals surface area (Å²) in [6.07, 6.45) is 3.80. The summed E-state index contributed by atoms with van der Waals surface area (Å²) < 4.78 is 13.4. The van der Waals surface area contributed by atoms with Gasteiger partial charge >= 0.3 is 0 Å². The standard InChI is InChI=1S/C15H21FN2/c1-12-5-6-13(16)10-15(12)18-9-3-8-17-7-2-4-14(17)11-18/h5-6,10,14H,2-4,7-9,11H2,1H3. The lowest BCUT2D eigenvalue weighted by molar-refractivity contribution is 0.273. The lowest BCUT2D eigenvalue weighted by Crippen LogP contribution is -2.36. The Hall–Kier alpha value is -1.09. The van der Waals surface area contributed by atoms with Gasteiger partial charge in [-0.05, 0) is 50.4 Å². The van der Waals surface area contributed by atoms with E-state index in [1.165, 1.54) is 37.9 Å². The molecule has 0 radical (unpaired) electrons. The Bertz CT molecular complexity index is 433. The Morgan fingerprint density at radius 2 is 2.00 bits per heavy atom. The summed E-state index contributed by atoms with van der Waals surface area (Å²) in [5.74, 6) is -0.122. The summed E-state index contributed by atoms with van der Waals surface area (Å²) in [5.41, 5.74) is 2.27. The molecular formula is C15H21FN2. The maximum absolute atomic E-state index is 13.4. The molecule has 1 aromatic carbocycles. The quantitative estimate of drug-likeness (QED) is 0.754. The monoisotopic (exact) mass is 248 g/mol. The first kappa shape index (κ1) is 12.0. The van der Waals surface area contributed by atoms with Crippen molar-refractivity contribution in [3.63, 3.8) is 0 Å². The van der Waals surface area contributed by atoms with Crippen LogP contribution in [0.3, 0.4) is 0 Å². The zero-order chi connectivity index (χ0) is 12.5. The minimum atomic E-state index is -0.122. The van der Waals surface area contributed by atoms with Crippen molar-refractivity contribution in [3.05, 3.63) is 29.6 Å². The van der Waals surface area contributed by atoms with E-state index in [0.29, 0.717) is 6.04 Å². The Kier molecular flexibility index (Phi) is 3.25. The number of halogens is 1. The summed E-state index contributed by atoms with van der Waals surface area (Å²) in [4.78, 5) is 4.99. The van der Waals surface area contributed by atoms with Crippen molar-refractivity contribution in [1.29, 1.82) is 0 Å². The molecule has 3 rings (SSSR count). The molecule has 18 heavy (non-hydrogen) atoms. The molecule has 0 aliphatic carbocycles. The van der Waals surface area contributed by atoms with Crippen LogP contribution in [0.15, 0.2) is 18.2 Å². The van der Waals surface area contributed by atoms with Crippen molar-refractivity contribution in [2.24, 2.45) is 0 Å². The van der Waals surface area contributed by atoms with Crippen molar-refractivity contribution < 1.29 is 4.39 Å². The molecule has 0 aromatic heterocycles. The molecule has 2 aliphatic rings. The van der Waals surface area contributed by atoms with Gasteiger partial charge in [-0.3, -0.25) is 4.90 Å². The molecule has 2 nitrogen and oxygen atoms in total. The van der Waals surface area contributed by atoms with Crippen LogP contribution in [0.2, 0.25) is 0 Å². The van der Waals surface area contributed by atoms with Gasteiger partial charge < -0.3 is 4.90 Å². The van der Waals surface area contributed by atoms with Crippen LogP contribution >= 0.6 is 0 Å². The molecule has 0 spiro atoms. The number of benzene rings is 1. The van der Waals surface area contributed by atoms with E-state index in [0.717, 1.165) is 18.8 Å². The molecule has 98 valence electrons. The Morgan fingerprint density at radius 1 is 1.17 bits per heavy atom. The molecule has 2 heterocycles. The highest BCUT2D eigenvalue weighted by molar-refractivity contribution is 5.53. The van der Waals surface area contributed by atoms with Crippen LogP contribution in [-0.2, 0) is 0 Å². The molecule has 0 N–H and O–H groups in total. The third-order valence-electron chi connectivity index (χ3n) is 4.32. The third kappa shape index (κ3) is 2.24. The van der Waals surface area contributed by atoms with Gasteiger partial charge in [-0.15, -0.1) is 0 Å². The van der Waals surface area contributed by atoms with Crippen LogP contribution < -0.4 is 4.90 Å². The second-order valence-corrected chi connectivity index (χ2v) is 5.56. The highest BCUT2D eigenvalue weighted by Crippen LogP contribution is 2.27. The predicted molar refractivity (Wildman–Crippen MR) is 72.6 cm³/mol. The zero-order valence-electron chi connectivity index (χ0n) is 11.0. The fourth-order valence-electron chi connectivity index (χ4n) is 3.35. The van der Waals surface area contributed by atoms with Gasteiger partial charge in [-0.25, -0.2) is 4.39 Å². The summed E-state index contributed by atoms with van der Waals surface area (Å²) >= 11 is 0. The van der Waals surface area contributed by atoms with E-state index in [1.54, 1.807) is 12.1 Å². The van der Waals surface area contributed by atoms with Crippen LogP contribution in [0, 0.1) is 12.7 Å². The van der Waals surface area contributed by atoms with Crippen LogP contribution in [0.4, 0.5) is 10.1 Å². The zero-order valence-corrected chi connectivity index (χ0v) is 11.0. The second-order valence-electron chi connectivity index (χ2n) is 5.56. The van der Waals surface area contributed by atoms with Gasteiger partial charge in [0.25, 0.3) is 0 Å². The maximum atomic E-state index is 13.4. The van der Waals surface area contributed by atoms with Crippen molar-refractivity contribution in [2.45, 2.75) is 32.2 Å². The molecule has 3 heteroatoms. The highest BCUT2D eigenvalue weighted by Gasteiger charge is 2.29. The molecule has 2 aliphatic heterocycles. The molecule has 2 saturated heterocycles. The largest absolute Gasteiger partial charge is 0.370 e. The van der Waals surface area contributed by atoms with E-state index in [-0.39, 0.29) is 5.82 Å². The van der Waals surface area contributed by atoms with Gasteiger partial charge in [0.1, 0.15) is 5.82 Å². The van der Waals surface area contributed by atoms with E-state index in [9.17, 15) is 4.39 Å². The minimum Gasteiger partial charge on any atom is -0.370 e. The molecule has 1 aromatic rings. The Balaban J connectivity index is 1.84. The van der Waals surface area contributed by atoms with Crippen LogP contribution in [0.25, 0.3) is 0 Å². The topological polar surface area (TPSA) is 6.48 Å². The van der Waals surface area contributed by atoms with Gasteiger partial charge in [0.05, 0.1) is 0 Å². The number of hydrogen-bond donors (Lipinski definition) is 0. The first-order chi connectivity index (χ1) is 8.74. The maximum Gasteiger partial charge on any atom is 0.125 e. The smallest absolute Gasteiger partial charge is 0.125 e. The van der Waals surface area contributed by atoms with E-state index in [2.05, 4.69) is 16.7 Å². The third-order valence-corrected chi connectivity index (χ3v) is 4.32. The molecular weight excluding hydrogens is 227 g/mol. The average Bonchev–Trinajstić information content (AvgIpc) is 2.70. The summed E-state index contributed by atoms with van der Waals surface area (Å²) in [6.45, 7) is 6.64. The predicted octanol–water partition coefficient (Wildman–Crippen LogP) is 2.81. The number of fused-ring (bicyclic) bond motifs is 1. The van der Waals surface area contributed by atoms with Crippen LogP contribution in [-0.4, -0.2) is 37.1 Å². The number of rotatable bonds is 1. The fraction of sp³-hybridized carbons (Fsp3) is 0.600. The minimum absolute atomic E-state index is 0.122. The molecule has 0 saturated carbocycles. The fourth-order valence-corrected chi connectivity index (χ4v) is 3.35. The second kappa shape index (κ2) is 4.88. The SMILES string of the molecule is Cc1ccc(F)cc1N1CCCN2CCCC2C1. The number of hydrogen-bond acceptors (Lipinski definition) is 2. The van der Waals surface area contributed by atoms with Gasteiger partial charge in [-0.1, -0.05) is 6.07 Å². The molecule has 1 atom stereocenters. The normalized spacial score (nSPS) is 25.0. The molecule has 0 bridgehead atoms. The Morgan fingerprint density at radius 3 is 2.89 bits per heavy atom. The summed E-state index contributed by atoms with van der Waals surface area (Å²) in [7, 11) is 0. The van der Waals surface area contributed by atoms with Crippen LogP contribution in [0.5, 0.6) is 0 Å². The first-order valence-corrected chi connectivity index (χ1v) is 6.99. The molecule has 2 fully saturated rings. The van der Waals surface area contributed by atoms with Gasteiger partial charge in [-0.2, -0.15) is 0 Å². The van der Waals surface area contributed by atoms with Gasteiger partial charge in [0.2, 0.25) is 0 Å². The van der Waals surface area contributed by atoms with E-state index in [4.69, 9.17) is 0 Å². The number of nitrogens with zero attached hydrogens (tertiary/aromatic N) is 2. The van der Waals surface area contributed by atoms with E-state index in [1.807, 2.05) is 6.07 Å².